The van der Waals surface area contributed by atoms with Crippen LogP contribution >= 0.6 is 11.6 Å². The van der Waals surface area contributed by atoms with Gasteiger partial charge < -0.3 is 4.57 Å². The van der Waals surface area contributed by atoms with Crippen LogP contribution in [0, 0.1) is 6.92 Å². The van der Waals surface area contributed by atoms with Crippen LogP contribution in [0.1, 0.15) is 24.7 Å². The molecule has 0 aliphatic carbocycles. The average Bonchev–Trinajstić information content (AvgIpc) is 2.78. The number of halogens is 1. The lowest BCUT2D eigenvalue weighted by atomic mass is 10.0. The van der Waals surface area contributed by atoms with Gasteiger partial charge in [-0.2, -0.15) is 0 Å². The van der Waals surface area contributed by atoms with Crippen LogP contribution in [0.2, 0.25) is 5.02 Å². The maximum Gasteiger partial charge on any atom is 0.109 e. The molecule has 0 bridgehead atoms. The SMILES string of the molecule is CCCc1nc2c(C)cc(-c3ccccc3Cl)cc2n1C. The molecule has 3 aromatic rings. The molecule has 0 amide bonds. The summed E-state index contributed by atoms with van der Waals surface area (Å²) in [5.74, 6) is 1.15. The van der Waals surface area contributed by atoms with Crippen molar-refractivity contribution in [2.75, 3.05) is 0 Å². The van der Waals surface area contributed by atoms with Gasteiger partial charge in [0.15, 0.2) is 0 Å². The summed E-state index contributed by atoms with van der Waals surface area (Å²) < 4.78 is 2.20. The highest BCUT2D eigenvalue weighted by molar-refractivity contribution is 6.33. The number of imidazole rings is 1. The van der Waals surface area contributed by atoms with Gasteiger partial charge in [-0.15, -0.1) is 0 Å². The third kappa shape index (κ3) is 2.44. The Labute approximate surface area is 130 Å². The zero-order chi connectivity index (χ0) is 15.0. The van der Waals surface area contributed by atoms with E-state index in [4.69, 9.17) is 16.6 Å². The molecule has 1 aromatic heterocycles. The molecular weight excluding hydrogens is 280 g/mol. The summed E-state index contributed by atoms with van der Waals surface area (Å²) in [6.45, 7) is 4.30. The molecule has 2 aromatic carbocycles. The van der Waals surface area contributed by atoms with Gasteiger partial charge in [-0.05, 0) is 42.7 Å². The Balaban J connectivity index is 2.23. The van der Waals surface area contributed by atoms with Crippen LogP contribution in [0.25, 0.3) is 22.2 Å². The number of hydrogen-bond acceptors (Lipinski definition) is 1. The monoisotopic (exact) mass is 298 g/mol. The van der Waals surface area contributed by atoms with Crippen molar-refractivity contribution in [1.82, 2.24) is 9.55 Å². The molecule has 0 spiro atoms. The molecule has 1 heterocycles. The van der Waals surface area contributed by atoms with E-state index in [-0.39, 0.29) is 0 Å². The summed E-state index contributed by atoms with van der Waals surface area (Å²) in [7, 11) is 2.09. The van der Waals surface area contributed by atoms with Crippen molar-refractivity contribution >= 4 is 22.6 Å². The predicted octanol–water partition coefficient (Wildman–Crippen LogP) is 5.15. The predicted molar refractivity (Wildman–Crippen MR) is 89.9 cm³/mol. The van der Waals surface area contributed by atoms with Crippen molar-refractivity contribution in [3.8, 4) is 11.1 Å². The second-order valence-corrected chi connectivity index (χ2v) is 5.88. The highest BCUT2D eigenvalue weighted by Crippen LogP contribution is 2.32. The number of rotatable bonds is 3. The lowest BCUT2D eigenvalue weighted by molar-refractivity contribution is 0.773. The third-order valence-electron chi connectivity index (χ3n) is 3.93. The van der Waals surface area contributed by atoms with Gasteiger partial charge in [0.1, 0.15) is 5.82 Å². The molecular formula is C18H19ClN2. The highest BCUT2D eigenvalue weighted by Gasteiger charge is 2.12. The van der Waals surface area contributed by atoms with Crippen LogP contribution in [-0.4, -0.2) is 9.55 Å². The molecule has 0 aliphatic heterocycles. The summed E-state index contributed by atoms with van der Waals surface area (Å²) in [5, 5.41) is 0.784. The summed E-state index contributed by atoms with van der Waals surface area (Å²) in [6.07, 6.45) is 2.11. The number of nitrogens with zero attached hydrogens (tertiary/aromatic N) is 2. The molecule has 3 heteroatoms. The molecule has 0 saturated heterocycles. The fourth-order valence-corrected chi connectivity index (χ4v) is 3.05. The zero-order valence-corrected chi connectivity index (χ0v) is 13.4. The smallest absolute Gasteiger partial charge is 0.109 e. The maximum atomic E-state index is 6.33. The lowest BCUT2D eigenvalue weighted by Gasteiger charge is -2.07. The Kier molecular flexibility index (Phi) is 3.73. The van der Waals surface area contributed by atoms with E-state index in [9.17, 15) is 0 Å². The van der Waals surface area contributed by atoms with E-state index in [1.54, 1.807) is 0 Å². The first-order valence-corrected chi connectivity index (χ1v) is 7.70. The Morgan fingerprint density at radius 1 is 1.19 bits per heavy atom. The van der Waals surface area contributed by atoms with E-state index in [1.807, 2.05) is 18.2 Å². The van der Waals surface area contributed by atoms with Gasteiger partial charge in [0.05, 0.1) is 11.0 Å². The fraction of sp³-hybridized carbons (Fsp3) is 0.278. The van der Waals surface area contributed by atoms with Gasteiger partial charge in [0, 0.05) is 24.1 Å². The third-order valence-corrected chi connectivity index (χ3v) is 4.26. The molecule has 0 radical (unpaired) electrons. The molecule has 2 nitrogen and oxygen atoms in total. The van der Waals surface area contributed by atoms with Crippen molar-refractivity contribution in [3.05, 3.63) is 52.8 Å². The van der Waals surface area contributed by atoms with Gasteiger partial charge >= 0.3 is 0 Å². The molecule has 0 N–H and O–H groups in total. The first kappa shape index (κ1) is 14.2. The summed E-state index contributed by atoms with van der Waals surface area (Å²) in [5.41, 5.74) is 5.68. The average molecular weight is 299 g/mol. The molecule has 0 aliphatic rings. The Hall–Kier alpha value is -1.80. The highest BCUT2D eigenvalue weighted by atomic mass is 35.5. The minimum absolute atomic E-state index is 0.784. The van der Waals surface area contributed by atoms with Gasteiger partial charge in [-0.3, -0.25) is 0 Å². The summed E-state index contributed by atoms with van der Waals surface area (Å²) in [6, 6.07) is 12.3. The van der Waals surface area contributed by atoms with E-state index >= 15 is 0 Å². The van der Waals surface area contributed by atoms with E-state index in [0.717, 1.165) is 40.3 Å². The van der Waals surface area contributed by atoms with Crippen molar-refractivity contribution in [2.24, 2.45) is 7.05 Å². The first-order chi connectivity index (χ1) is 10.1. The van der Waals surface area contributed by atoms with Crippen molar-refractivity contribution in [3.63, 3.8) is 0 Å². The van der Waals surface area contributed by atoms with E-state index in [1.165, 1.54) is 11.1 Å². The molecule has 3 rings (SSSR count). The Bertz CT molecular complexity index is 802. The maximum absolute atomic E-state index is 6.33. The van der Waals surface area contributed by atoms with Gasteiger partial charge in [0.2, 0.25) is 0 Å². The molecule has 0 fully saturated rings. The molecule has 0 unspecified atom stereocenters. The lowest BCUT2D eigenvalue weighted by Crippen LogP contribution is -1.96. The van der Waals surface area contributed by atoms with Gasteiger partial charge in [-0.1, -0.05) is 36.7 Å². The van der Waals surface area contributed by atoms with Crippen LogP contribution in [0.15, 0.2) is 36.4 Å². The zero-order valence-electron chi connectivity index (χ0n) is 12.7. The van der Waals surface area contributed by atoms with Crippen molar-refractivity contribution in [1.29, 1.82) is 0 Å². The fourth-order valence-electron chi connectivity index (χ4n) is 2.80. The number of hydrogen-bond donors (Lipinski definition) is 0. The largest absolute Gasteiger partial charge is 0.331 e. The standard InChI is InChI=1S/C18H19ClN2/c1-4-7-17-20-18-12(2)10-13(11-16(18)21(17)3)14-8-5-6-9-15(14)19/h5-6,8-11H,4,7H2,1-3H3. The Morgan fingerprint density at radius 2 is 1.95 bits per heavy atom. The molecule has 0 saturated carbocycles. The van der Waals surface area contributed by atoms with Crippen molar-refractivity contribution < 1.29 is 0 Å². The second-order valence-electron chi connectivity index (χ2n) is 5.48. The molecule has 0 atom stereocenters. The topological polar surface area (TPSA) is 17.8 Å². The van der Waals surface area contributed by atoms with Crippen LogP contribution in [-0.2, 0) is 13.5 Å². The van der Waals surface area contributed by atoms with Gasteiger partial charge in [-0.25, -0.2) is 4.98 Å². The molecule has 108 valence electrons. The van der Waals surface area contributed by atoms with Crippen LogP contribution in [0.4, 0.5) is 0 Å². The second kappa shape index (κ2) is 5.53. The number of aromatic nitrogens is 2. The van der Waals surface area contributed by atoms with Crippen molar-refractivity contribution in [2.45, 2.75) is 26.7 Å². The number of aryl methyl sites for hydroxylation is 3. The quantitative estimate of drug-likeness (QED) is 0.653. The van der Waals surface area contributed by atoms with Crippen LogP contribution in [0.5, 0.6) is 0 Å². The van der Waals surface area contributed by atoms with Crippen LogP contribution in [0.3, 0.4) is 0 Å². The minimum Gasteiger partial charge on any atom is -0.331 e. The molecule has 21 heavy (non-hydrogen) atoms. The van der Waals surface area contributed by atoms with E-state index in [0.29, 0.717) is 0 Å². The minimum atomic E-state index is 0.784. The number of fused-ring (bicyclic) bond motifs is 1. The Morgan fingerprint density at radius 3 is 2.67 bits per heavy atom. The number of benzene rings is 2. The normalized spacial score (nSPS) is 11.2. The van der Waals surface area contributed by atoms with E-state index in [2.05, 4.69) is 43.7 Å². The first-order valence-electron chi connectivity index (χ1n) is 7.32. The van der Waals surface area contributed by atoms with Gasteiger partial charge in [0.25, 0.3) is 0 Å². The summed E-state index contributed by atoms with van der Waals surface area (Å²) >= 11 is 6.33. The van der Waals surface area contributed by atoms with E-state index < -0.39 is 0 Å². The van der Waals surface area contributed by atoms with Crippen LogP contribution < -0.4 is 0 Å². The summed E-state index contributed by atoms with van der Waals surface area (Å²) in [4.78, 5) is 4.79.